The summed E-state index contributed by atoms with van der Waals surface area (Å²) in [6, 6.07) is 0. The molecule has 1 fully saturated rings. The Morgan fingerprint density at radius 3 is 2.94 bits per heavy atom. The molecule has 0 aromatic heterocycles. The molecule has 4 nitrogen and oxygen atoms in total. The average Bonchev–Trinajstić information content (AvgIpc) is 2.29. The largest absolute Gasteiger partial charge is 0.393 e. The number of carbonyl (C=O) groups excluding carboxylic acids is 1. The monoisotopic (exact) mass is 242 g/mol. The van der Waals surface area contributed by atoms with E-state index >= 15 is 0 Å². The molecule has 1 aliphatic rings. The lowest BCUT2D eigenvalue weighted by Gasteiger charge is -2.25. The Morgan fingerprint density at radius 1 is 1.41 bits per heavy atom. The average molecular weight is 242 g/mol. The lowest BCUT2D eigenvalue weighted by molar-refractivity contribution is -0.120. The molecule has 0 aromatic rings. The van der Waals surface area contributed by atoms with Crippen molar-refractivity contribution >= 4 is 5.91 Å². The van der Waals surface area contributed by atoms with Crippen molar-refractivity contribution in [3.05, 3.63) is 0 Å². The highest BCUT2D eigenvalue weighted by molar-refractivity contribution is 5.77. The Bertz CT molecular complexity index is 221. The van der Waals surface area contributed by atoms with Crippen LogP contribution in [0.4, 0.5) is 0 Å². The summed E-state index contributed by atoms with van der Waals surface area (Å²) in [4.78, 5) is 11.4. The van der Waals surface area contributed by atoms with Crippen molar-refractivity contribution in [3.8, 4) is 0 Å². The van der Waals surface area contributed by atoms with Crippen LogP contribution < -0.4 is 10.6 Å². The number of hydrogen-bond acceptors (Lipinski definition) is 3. The fraction of sp³-hybridized carbons (Fsp3) is 0.923. The molecule has 1 saturated carbocycles. The van der Waals surface area contributed by atoms with E-state index in [0.717, 1.165) is 45.2 Å². The van der Waals surface area contributed by atoms with Gasteiger partial charge in [-0.3, -0.25) is 4.79 Å². The summed E-state index contributed by atoms with van der Waals surface area (Å²) in [6.07, 6.45) is 6.11. The van der Waals surface area contributed by atoms with Crippen molar-refractivity contribution in [2.45, 2.75) is 51.6 Å². The minimum Gasteiger partial charge on any atom is -0.393 e. The fourth-order valence-corrected chi connectivity index (χ4v) is 2.30. The minimum absolute atomic E-state index is 0.0785. The number of aliphatic hydroxyl groups is 1. The van der Waals surface area contributed by atoms with Gasteiger partial charge in [0.15, 0.2) is 0 Å². The van der Waals surface area contributed by atoms with Crippen LogP contribution in [0, 0.1) is 5.92 Å². The van der Waals surface area contributed by atoms with Crippen LogP contribution in [-0.2, 0) is 4.79 Å². The van der Waals surface area contributed by atoms with Gasteiger partial charge in [-0.1, -0.05) is 19.8 Å². The van der Waals surface area contributed by atoms with Crippen molar-refractivity contribution in [2.24, 2.45) is 5.92 Å². The molecule has 0 bridgehead atoms. The Balaban J connectivity index is 2.00. The molecule has 100 valence electrons. The fourth-order valence-electron chi connectivity index (χ4n) is 2.30. The molecule has 1 amide bonds. The van der Waals surface area contributed by atoms with Gasteiger partial charge < -0.3 is 15.7 Å². The van der Waals surface area contributed by atoms with E-state index in [1.54, 1.807) is 0 Å². The lowest BCUT2D eigenvalue weighted by Crippen LogP contribution is -2.37. The van der Waals surface area contributed by atoms with Gasteiger partial charge in [-0.15, -0.1) is 0 Å². The van der Waals surface area contributed by atoms with E-state index in [-0.39, 0.29) is 12.0 Å². The molecule has 0 aromatic carbocycles. The highest BCUT2D eigenvalue weighted by atomic mass is 16.3. The Hall–Kier alpha value is -0.610. The third-order valence-electron chi connectivity index (χ3n) is 3.33. The van der Waals surface area contributed by atoms with Crippen LogP contribution in [0.1, 0.15) is 45.4 Å². The van der Waals surface area contributed by atoms with Gasteiger partial charge in [0, 0.05) is 6.54 Å². The highest BCUT2D eigenvalue weighted by Crippen LogP contribution is 2.23. The molecule has 0 spiro atoms. The number of hydrogen-bond donors (Lipinski definition) is 3. The molecule has 0 saturated heterocycles. The number of unbranched alkanes of at least 4 members (excludes halogenated alkanes) is 1. The van der Waals surface area contributed by atoms with Gasteiger partial charge in [-0.25, -0.2) is 0 Å². The summed E-state index contributed by atoms with van der Waals surface area (Å²) in [6.45, 7) is 4.13. The topological polar surface area (TPSA) is 61.4 Å². The van der Waals surface area contributed by atoms with Crippen molar-refractivity contribution < 1.29 is 9.90 Å². The van der Waals surface area contributed by atoms with Crippen LogP contribution in [0.25, 0.3) is 0 Å². The lowest BCUT2D eigenvalue weighted by atomic mass is 9.87. The van der Waals surface area contributed by atoms with E-state index < -0.39 is 0 Å². The van der Waals surface area contributed by atoms with Gasteiger partial charge in [0.05, 0.1) is 12.6 Å². The number of nitrogens with one attached hydrogen (secondary N) is 2. The van der Waals surface area contributed by atoms with Gasteiger partial charge >= 0.3 is 0 Å². The maximum atomic E-state index is 11.4. The number of carbonyl (C=O) groups is 1. The zero-order chi connectivity index (χ0) is 12.5. The third-order valence-corrected chi connectivity index (χ3v) is 3.33. The summed E-state index contributed by atoms with van der Waals surface area (Å²) in [5, 5.41) is 15.6. The van der Waals surface area contributed by atoms with Crippen molar-refractivity contribution in [3.63, 3.8) is 0 Å². The van der Waals surface area contributed by atoms with E-state index in [1.165, 1.54) is 6.42 Å². The van der Waals surface area contributed by atoms with E-state index in [2.05, 4.69) is 17.6 Å². The minimum atomic E-state index is -0.131. The van der Waals surface area contributed by atoms with E-state index in [1.807, 2.05) is 0 Å². The van der Waals surface area contributed by atoms with Crippen LogP contribution in [0.2, 0.25) is 0 Å². The highest BCUT2D eigenvalue weighted by Gasteiger charge is 2.19. The SMILES string of the molecule is CCCCNC(=O)CNCC1CCCC(O)C1. The molecule has 17 heavy (non-hydrogen) atoms. The first kappa shape index (κ1) is 14.5. The molecule has 4 heteroatoms. The molecule has 3 N–H and O–H groups in total. The van der Waals surface area contributed by atoms with E-state index in [0.29, 0.717) is 12.5 Å². The molecule has 1 rings (SSSR count). The zero-order valence-electron chi connectivity index (χ0n) is 10.9. The van der Waals surface area contributed by atoms with Gasteiger partial charge in [-0.2, -0.15) is 0 Å². The molecule has 0 radical (unpaired) electrons. The Kier molecular flexibility index (Phi) is 7.21. The van der Waals surface area contributed by atoms with Gasteiger partial charge in [0.25, 0.3) is 0 Å². The predicted molar refractivity (Wildman–Crippen MR) is 68.8 cm³/mol. The Morgan fingerprint density at radius 2 is 2.24 bits per heavy atom. The first-order chi connectivity index (χ1) is 8.22. The second-order valence-electron chi connectivity index (χ2n) is 5.02. The molecular formula is C13H26N2O2. The Labute approximate surface area is 104 Å². The van der Waals surface area contributed by atoms with E-state index in [9.17, 15) is 9.90 Å². The molecular weight excluding hydrogens is 216 g/mol. The first-order valence-electron chi connectivity index (χ1n) is 6.87. The number of aliphatic hydroxyl groups excluding tert-OH is 1. The summed E-state index contributed by atoms with van der Waals surface area (Å²) < 4.78 is 0. The zero-order valence-corrected chi connectivity index (χ0v) is 10.9. The molecule has 0 aliphatic heterocycles. The molecule has 1 aliphatic carbocycles. The van der Waals surface area contributed by atoms with Gasteiger partial charge in [-0.05, 0) is 38.1 Å². The molecule has 2 unspecified atom stereocenters. The van der Waals surface area contributed by atoms with Crippen LogP contribution in [-0.4, -0.2) is 36.8 Å². The maximum absolute atomic E-state index is 11.4. The summed E-state index contributed by atoms with van der Waals surface area (Å²) >= 11 is 0. The predicted octanol–water partition coefficient (Wildman–Crippen LogP) is 1.04. The quantitative estimate of drug-likeness (QED) is 0.585. The smallest absolute Gasteiger partial charge is 0.233 e. The van der Waals surface area contributed by atoms with Crippen LogP contribution in [0.3, 0.4) is 0 Å². The van der Waals surface area contributed by atoms with Crippen LogP contribution in [0.15, 0.2) is 0 Å². The number of amides is 1. The normalized spacial score (nSPS) is 24.6. The molecule has 0 heterocycles. The summed E-state index contributed by atoms with van der Waals surface area (Å²) in [7, 11) is 0. The second kappa shape index (κ2) is 8.48. The summed E-state index contributed by atoms with van der Waals surface area (Å²) in [5.41, 5.74) is 0. The standard InChI is InChI=1S/C13H26N2O2/c1-2-3-7-15-13(17)10-14-9-11-5-4-6-12(16)8-11/h11-12,14,16H,2-10H2,1H3,(H,15,17). The number of rotatable bonds is 7. The maximum Gasteiger partial charge on any atom is 0.233 e. The second-order valence-corrected chi connectivity index (χ2v) is 5.02. The van der Waals surface area contributed by atoms with E-state index in [4.69, 9.17) is 0 Å². The third kappa shape index (κ3) is 6.64. The van der Waals surface area contributed by atoms with Crippen LogP contribution in [0.5, 0.6) is 0 Å². The molecule has 2 atom stereocenters. The van der Waals surface area contributed by atoms with Gasteiger partial charge in [0.1, 0.15) is 0 Å². The first-order valence-corrected chi connectivity index (χ1v) is 6.87. The van der Waals surface area contributed by atoms with Crippen molar-refractivity contribution in [2.75, 3.05) is 19.6 Å². The van der Waals surface area contributed by atoms with Gasteiger partial charge in [0.2, 0.25) is 5.91 Å². The van der Waals surface area contributed by atoms with Crippen molar-refractivity contribution in [1.29, 1.82) is 0 Å². The van der Waals surface area contributed by atoms with Crippen molar-refractivity contribution in [1.82, 2.24) is 10.6 Å². The summed E-state index contributed by atoms with van der Waals surface area (Å²) in [5.74, 6) is 0.608. The van der Waals surface area contributed by atoms with Crippen LogP contribution >= 0.6 is 0 Å².